The molecule has 110 valence electrons. The Morgan fingerprint density at radius 1 is 1.48 bits per heavy atom. The molecule has 0 aliphatic heterocycles. The molecule has 0 saturated heterocycles. The molecule has 1 heterocycles. The first-order chi connectivity index (χ1) is 10.0. The van der Waals surface area contributed by atoms with Crippen LogP contribution in [0.2, 0.25) is 0 Å². The van der Waals surface area contributed by atoms with Crippen molar-refractivity contribution >= 4 is 23.4 Å². The maximum absolute atomic E-state index is 11.4. The second kappa shape index (κ2) is 6.35. The minimum Gasteiger partial charge on any atom is -0.496 e. The van der Waals surface area contributed by atoms with Crippen molar-refractivity contribution in [3.05, 3.63) is 23.1 Å². The van der Waals surface area contributed by atoms with Crippen LogP contribution >= 0.6 is 11.8 Å². The zero-order chi connectivity index (χ0) is 15.4. The van der Waals surface area contributed by atoms with Crippen LogP contribution in [0.1, 0.15) is 0 Å². The average molecular weight is 309 g/mol. The SMILES string of the molecule is COc1ccc([N+](C)=O)cc1-c1nnc(SCC(=O)O)[nH]1. The Balaban J connectivity index is 2.34. The first-order valence-corrected chi connectivity index (χ1v) is 6.86. The van der Waals surface area contributed by atoms with Crippen molar-refractivity contribution in [2.75, 3.05) is 19.9 Å². The molecule has 0 saturated carbocycles. The molecule has 2 N–H and O–H groups in total. The lowest BCUT2D eigenvalue weighted by Crippen LogP contribution is -1.97. The van der Waals surface area contributed by atoms with Gasteiger partial charge in [-0.05, 0) is 6.07 Å². The molecule has 1 aromatic heterocycles. The van der Waals surface area contributed by atoms with Crippen molar-refractivity contribution in [1.29, 1.82) is 0 Å². The van der Waals surface area contributed by atoms with Crippen LogP contribution in [0.15, 0.2) is 23.4 Å². The second-order valence-electron chi connectivity index (χ2n) is 4.04. The van der Waals surface area contributed by atoms with Crippen molar-refractivity contribution in [2.45, 2.75) is 5.16 Å². The number of carboxylic acid groups (broad SMARTS) is 1. The van der Waals surface area contributed by atoms with E-state index in [9.17, 15) is 9.70 Å². The van der Waals surface area contributed by atoms with Gasteiger partial charge >= 0.3 is 5.97 Å². The highest BCUT2D eigenvalue weighted by molar-refractivity contribution is 7.99. The minimum atomic E-state index is -0.939. The van der Waals surface area contributed by atoms with Gasteiger partial charge in [-0.1, -0.05) is 11.8 Å². The molecule has 0 spiro atoms. The van der Waals surface area contributed by atoms with Crippen molar-refractivity contribution in [2.24, 2.45) is 0 Å². The fourth-order valence-corrected chi connectivity index (χ4v) is 2.17. The number of benzene rings is 1. The van der Waals surface area contributed by atoms with Crippen LogP contribution < -0.4 is 4.74 Å². The molecule has 1 aromatic carbocycles. The standard InChI is InChI=1S/C12H12N4O4S/c1-16(19)7-3-4-9(20-2)8(5-7)11-13-12(15-14-11)21-6-10(17)18/h3-5H,6H2,1-2H3,(H-,13,14,15,17,18)/p+1. The molecule has 0 atom stereocenters. The first-order valence-electron chi connectivity index (χ1n) is 5.88. The van der Waals surface area contributed by atoms with Crippen LogP contribution in [-0.4, -0.2) is 50.9 Å². The van der Waals surface area contributed by atoms with Gasteiger partial charge in [0.05, 0.1) is 18.4 Å². The molecule has 2 aromatic rings. The molecule has 0 fully saturated rings. The van der Waals surface area contributed by atoms with Gasteiger partial charge in [0, 0.05) is 21.8 Å². The number of nitroso groups, excluding NO2 is 1. The molecule has 0 radical (unpaired) electrons. The summed E-state index contributed by atoms with van der Waals surface area (Å²) in [6.45, 7) is 0. The molecule has 0 aliphatic carbocycles. The summed E-state index contributed by atoms with van der Waals surface area (Å²) in [5.74, 6) is -0.116. The Morgan fingerprint density at radius 2 is 2.24 bits per heavy atom. The minimum absolute atomic E-state index is 0.116. The Kier molecular flexibility index (Phi) is 4.53. The Labute approximate surface area is 124 Å². The zero-order valence-electron chi connectivity index (χ0n) is 11.4. The number of aliphatic carboxylic acids is 1. The number of nitrogens with one attached hydrogen (secondary N) is 1. The van der Waals surface area contributed by atoms with Crippen LogP contribution in [-0.2, 0) is 4.79 Å². The number of aromatic amines is 1. The summed E-state index contributed by atoms with van der Waals surface area (Å²) in [5.41, 5.74) is 1.02. The summed E-state index contributed by atoms with van der Waals surface area (Å²) in [5, 5.41) is 16.8. The Hall–Kier alpha value is -2.42. The number of methoxy groups -OCH3 is 1. The molecule has 21 heavy (non-hydrogen) atoms. The highest BCUT2D eigenvalue weighted by Crippen LogP contribution is 2.31. The summed E-state index contributed by atoms with van der Waals surface area (Å²) in [6, 6.07) is 4.91. The molecule has 2 rings (SSSR count). The van der Waals surface area contributed by atoms with Gasteiger partial charge in [-0.2, -0.15) is 0 Å². The van der Waals surface area contributed by atoms with Gasteiger partial charge in [-0.25, -0.2) is 0 Å². The Bertz CT molecular complexity index is 686. The monoisotopic (exact) mass is 309 g/mol. The molecule has 8 nitrogen and oxygen atoms in total. The van der Waals surface area contributed by atoms with Gasteiger partial charge in [0.2, 0.25) is 0 Å². The summed E-state index contributed by atoms with van der Waals surface area (Å²) in [7, 11) is 2.90. The van der Waals surface area contributed by atoms with Gasteiger partial charge in [-0.15, -0.1) is 10.2 Å². The number of hydrogen-bond donors (Lipinski definition) is 2. The summed E-state index contributed by atoms with van der Waals surface area (Å²) >= 11 is 1.03. The van der Waals surface area contributed by atoms with Gasteiger partial charge < -0.3 is 14.8 Å². The summed E-state index contributed by atoms with van der Waals surface area (Å²) in [6.07, 6.45) is 0. The number of carboxylic acids is 1. The second-order valence-corrected chi connectivity index (χ2v) is 5.01. The highest BCUT2D eigenvalue weighted by atomic mass is 32.2. The number of rotatable bonds is 6. The first kappa shape index (κ1) is 15.0. The predicted molar refractivity (Wildman–Crippen MR) is 75.9 cm³/mol. The zero-order valence-corrected chi connectivity index (χ0v) is 12.2. The lowest BCUT2D eigenvalue weighted by atomic mass is 10.1. The molecular formula is C12H13N4O4S+. The van der Waals surface area contributed by atoms with E-state index in [-0.39, 0.29) is 5.75 Å². The van der Waals surface area contributed by atoms with E-state index < -0.39 is 5.97 Å². The largest absolute Gasteiger partial charge is 0.496 e. The third-order valence-corrected chi connectivity index (χ3v) is 3.45. The fourth-order valence-electron chi connectivity index (χ4n) is 1.64. The van der Waals surface area contributed by atoms with E-state index >= 15 is 0 Å². The van der Waals surface area contributed by atoms with E-state index in [1.165, 1.54) is 14.2 Å². The summed E-state index contributed by atoms with van der Waals surface area (Å²) < 4.78 is 5.95. The van der Waals surface area contributed by atoms with Crippen molar-refractivity contribution < 1.29 is 19.4 Å². The van der Waals surface area contributed by atoms with Crippen molar-refractivity contribution in [3.8, 4) is 17.1 Å². The molecular weight excluding hydrogens is 296 g/mol. The number of nitrogens with zero attached hydrogens (tertiary/aromatic N) is 3. The number of hydrogen-bond acceptors (Lipinski definition) is 6. The lowest BCUT2D eigenvalue weighted by molar-refractivity contribution is -0.428. The maximum atomic E-state index is 11.4. The normalized spacial score (nSPS) is 10.4. The molecule has 0 aliphatic rings. The van der Waals surface area contributed by atoms with E-state index in [2.05, 4.69) is 15.2 Å². The topological polar surface area (TPSA) is 108 Å². The molecule has 0 unspecified atom stereocenters. The average Bonchev–Trinajstić information content (AvgIpc) is 2.93. The third kappa shape index (κ3) is 3.57. The van der Waals surface area contributed by atoms with Crippen LogP contribution in [0, 0.1) is 4.91 Å². The molecule has 0 bridgehead atoms. The number of ether oxygens (including phenoxy) is 1. The van der Waals surface area contributed by atoms with E-state index in [0.29, 0.717) is 28.0 Å². The number of aromatic nitrogens is 3. The maximum Gasteiger partial charge on any atom is 0.313 e. The third-order valence-electron chi connectivity index (χ3n) is 2.60. The van der Waals surface area contributed by atoms with Crippen LogP contribution in [0.3, 0.4) is 0 Å². The van der Waals surface area contributed by atoms with E-state index in [0.717, 1.165) is 16.5 Å². The predicted octanol–water partition coefficient (Wildman–Crippen LogP) is 1.70. The van der Waals surface area contributed by atoms with Crippen molar-refractivity contribution in [3.63, 3.8) is 0 Å². The quantitative estimate of drug-likeness (QED) is 0.617. The van der Waals surface area contributed by atoms with E-state index in [1.54, 1.807) is 18.2 Å². The fraction of sp³-hybridized carbons (Fsp3) is 0.250. The van der Waals surface area contributed by atoms with Gasteiger partial charge in [-0.3, -0.25) is 4.79 Å². The molecule has 9 heteroatoms. The highest BCUT2D eigenvalue weighted by Gasteiger charge is 2.17. The van der Waals surface area contributed by atoms with Crippen LogP contribution in [0.25, 0.3) is 11.4 Å². The number of H-pyrrole nitrogens is 1. The number of carbonyl (C=O) groups is 1. The van der Waals surface area contributed by atoms with Gasteiger partial charge in [0.25, 0.3) is 5.69 Å². The lowest BCUT2D eigenvalue weighted by Gasteiger charge is -2.04. The van der Waals surface area contributed by atoms with Crippen LogP contribution in [0.4, 0.5) is 5.69 Å². The van der Waals surface area contributed by atoms with Crippen LogP contribution in [0.5, 0.6) is 5.75 Å². The number of thioether (sulfide) groups is 1. The summed E-state index contributed by atoms with van der Waals surface area (Å²) in [4.78, 5) is 24.8. The van der Waals surface area contributed by atoms with E-state index in [1.807, 2.05) is 0 Å². The van der Waals surface area contributed by atoms with E-state index in [4.69, 9.17) is 9.84 Å². The van der Waals surface area contributed by atoms with Gasteiger partial charge in [0.15, 0.2) is 18.0 Å². The molecule has 0 amide bonds. The van der Waals surface area contributed by atoms with Gasteiger partial charge in [0.1, 0.15) is 5.75 Å². The Morgan fingerprint density at radius 3 is 2.86 bits per heavy atom. The van der Waals surface area contributed by atoms with Crippen molar-refractivity contribution in [1.82, 2.24) is 15.2 Å². The smallest absolute Gasteiger partial charge is 0.313 e.